The van der Waals surface area contributed by atoms with Crippen molar-refractivity contribution in [3.8, 4) is 0 Å². The fourth-order valence-electron chi connectivity index (χ4n) is 2.71. The maximum atomic E-state index is 11.5. The molecule has 0 spiro atoms. The van der Waals surface area contributed by atoms with Crippen LogP contribution in [0.5, 0.6) is 0 Å². The molecule has 7 heteroatoms. The van der Waals surface area contributed by atoms with Gasteiger partial charge < -0.3 is 20.9 Å². The molecular formula is C15H26N2O4S. The van der Waals surface area contributed by atoms with E-state index in [1.165, 1.54) is 18.7 Å². The molecule has 6 nitrogen and oxygen atoms in total. The second-order valence-electron chi connectivity index (χ2n) is 5.44. The minimum absolute atomic E-state index is 0.00348. The van der Waals surface area contributed by atoms with Gasteiger partial charge in [0.25, 0.3) is 0 Å². The van der Waals surface area contributed by atoms with E-state index < -0.39 is 24.2 Å². The van der Waals surface area contributed by atoms with Gasteiger partial charge in [-0.2, -0.15) is 0 Å². The number of carboxylic acid groups (broad SMARTS) is 1. The van der Waals surface area contributed by atoms with Crippen LogP contribution in [0.3, 0.4) is 0 Å². The Labute approximate surface area is 135 Å². The maximum Gasteiger partial charge on any atom is 0.332 e. The monoisotopic (exact) mass is 330 g/mol. The number of amides is 1. The molecular weight excluding hydrogens is 304 g/mol. The summed E-state index contributed by atoms with van der Waals surface area (Å²) < 4.78 is 6.12. The molecule has 0 fully saturated rings. The topological polar surface area (TPSA) is 102 Å². The minimum Gasteiger partial charge on any atom is -0.478 e. The molecule has 0 aromatic heterocycles. The second kappa shape index (κ2) is 8.55. The number of ether oxygens (including phenoxy) is 1. The Morgan fingerprint density at radius 1 is 1.45 bits per heavy atom. The third-order valence-electron chi connectivity index (χ3n) is 3.88. The van der Waals surface area contributed by atoms with Crippen LogP contribution in [-0.4, -0.2) is 47.5 Å². The Bertz CT molecular complexity index is 449. The van der Waals surface area contributed by atoms with Crippen molar-refractivity contribution in [2.75, 3.05) is 6.26 Å². The van der Waals surface area contributed by atoms with Crippen molar-refractivity contribution in [3.63, 3.8) is 0 Å². The molecule has 1 rings (SSSR count). The number of rotatable bonds is 7. The lowest BCUT2D eigenvalue weighted by atomic mass is 9.88. The Balaban J connectivity index is 3.22. The van der Waals surface area contributed by atoms with Crippen LogP contribution >= 0.6 is 11.8 Å². The first kappa shape index (κ1) is 19.0. The number of carbonyl (C=O) groups excluding carboxylic acids is 1. The lowest BCUT2D eigenvalue weighted by Crippen LogP contribution is -2.58. The molecule has 3 atom stereocenters. The third-order valence-corrected chi connectivity index (χ3v) is 4.80. The Hall–Kier alpha value is -1.05. The van der Waals surface area contributed by atoms with Crippen molar-refractivity contribution in [2.24, 2.45) is 5.73 Å². The summed E-state index contributed by atoms with van der Waals surface area (Å²) in [7, 11) is 0. The maximum absolute atomic E-state index is 11.5. The van der Waals surface area contributed by atoms with Gasteiger partial charge in [-0.05, 0) is 25.5 Å². The zero-order valence-corrected chi connectivity index (χ0v) is 14.4. The summed E-state index contributed by atoms with van der Waals surface area (Å²) in [4.78, 5) is 23.6. The van der Waals surface area contributed by atoms with Gasteiger partial charge in [0, 0.05) is 17.9 Å². The van der Waals surface area contributed by atoms with E-state index in [0.29, 0.717) is 4.91 Å². The van der Waals surface area contributed by atoms with Crippen molar-refractivity contribution in [3.05, 3.63) is 10.5 Å². The predicted octanol–water partition coefficient (Wildman–Crippen LogP) is 1.50. The number of hydrogen-bond acceptors (Lipinski definition) is 5. The van der Waals surface area contributed by atoms with E-state index in [1.807, 2.05) is 20.1 Å². The summed E-state index contributed by atoms with van der Waals surface area (Å²) >= 11 is 1.35. The molecule has 0 aliphatic heterocycles. The van der Waals surface area contributed by atoms with Gasteiger partial charge in [-0.15, -0.1) is 11.8 Å². The number of carboxylic acids is 1. The first-order valence-electron chi connectivity index (χ1n) is 7.54. The van der Waals surface area contributed by atoms with Gasteiger partial charge >= 0.3 is 5.97 Å². The summed E-state index contributed by atoms with van der Waals surface area (Å²) in [6, 6.07) is -0.895. The zero-order chi connectivity index (χ0) is 16.9. The minimum atomic E-state index is -0.973. The molecule has 126 valence electrons. The van der Waals surface area contributed by atoms with E-state index in [0.717, 1.165) is 12.8 Å². The number of aliphatic carboxylic acids is 1. The molecule has 0 saturated carbocycles. The van der Waals surface area contributed by atoms with E-state index in [4.69, 9.17) is 10.5 Å². The van der Waals surface area contributed by atoms with Crippen LogP contribution in [0.25, 0.3) is 0 Å². The SMILES string of the molecule is CCC(CC)O[C@@H]1C(SC)=C(C(=O)O)C[C@H](N)[C@H]1NC(C)=O. The fourth-order valence-corrected chi connectivity index (χ4v) is 3.56. The van der Waals surface area contributed by atoms with E-state index in [1.54, 1.807) is 0 Å². The number of nitrogens with two attached hydrogens (primary N) is 1. The number of thioether (sulfide) groups is 1. The molecule has 0 aromatic carbocycles. The van der Waals surface area contributed by atoms with Gasteiger partial charge in [-0.1, -0.05) is 13.8 Å². The average Bonchev–Trinajstić information content (AvgIpc) is 2.46. The molecule has 0 bridgehead atoms. The molecule has 4 N–H and O–H groups in total. The van der Waals surface area contributed by atoms with Crippen molar-refractivity contribution in [1.82, 2.24) is 5.32 Å². The van der Waals surface area contributed by atoms with Crippen LogP contribution in [0.2, 0.25) is 0 Å². The highest BCUT2D eigenvalue weighted by Crippen LogP contribution is 2.35. The molecule has 0 radical (unpaired) electrons. The second-order valence-corrected chi connectivity index (χ2v) is 6.29. The summed E-state index contributed by atoms with van der Waals surface area (Å²) in [6.45, 7) is 5.46. The summed E-state index contributed by atoms with van der Waals surface area (Å²) in [6.07, 6.45) is 3.17. The highest BCUT2D eigenvalue weighted by Gasteiger charge is 2.40. The van der Waals surface area contributed by atoms with Gasteiger partial charge in [0.1, 0.15) is 6.10 Å². The first-order valence-corrected chi connectivity index (χ1v) is 8.76. The van der Waals surface area contributed by atoms with E-state index in [2.05, 4.69) is 5.32 Å². The van der Waals surface area contributed by atoms with Crippen molar-refractivity contribution in [1.29, 1.82) is 0 Å². The van der Waals surface area contributed by atoms with Gasteiger partial charge in [0.2, 0.25) is 5.91 Å². The van der Waals surface area contributed by atoms with Crippen LogP contribution in [0.1, 0.15) is 40.0 Å². The van der Waals surface area contributed by atoms with E-state index in [-0.39, 0.29) is 24.0 Å². The molecule has 0 aromatic rings. The third kappa shape index (κ3) is 4.47. The normalized spacial score (nSPS) is 25.5. The summed E-state index contributed by atoms with van der Waals surface area (Å²) in [5.41, 5.74) is 6.41. The highest BCUT2D eigenvalue weighted by atomic mass is 32.2. The first-order chi connectivity index (χ1) is 10.3. The average molecular weight is 330 g/mol. The molecule has 22 heavy (non-hydrogen) atoms. The van der Waals surface area contributed by atoms with Crippen LogP contribution < -0.4 is 11.1 Å². The molecule has 0 heterocycles. The standard InChI is InChI=1S/C15H26N2O4S/c1-5-9(6-2)21-13-12(17-8(3)18)11(16)7-10(15(19)20)14(13)22-4/h9,11-13H,5-7,16H2,1-4H3,(H,17,18)(H,19,20)/t11-,12+,13-/m0/s1. The van der Waals surface area contributed by atoms with Crippen molar-refractivity contribution >= 4 is 23.6 Å². The Morgan fingerprint density at radius 2 is 2.05 bits per heavy atom. The van der Waals surface area contributed by atoms with Crippen LogP contribution in [0.4, 0.5) is 0 Å². The fraction of sp³-hybridized carbons (Fsp3) is 0.733. The highest BCUT2D eigenvalue weighted by molar-refractivity contribution is 8.02. The smallest absolute Gasteiger partial charge is 0.332 e. The van der Waals surface area contributed by atoms with Gasteiger partial charge in [-0.25, -0.2) is 4.79 Å². The Kier molecular flexibility index (Phi) is 7.38. The lowest BCUT2D eigenvalue weighted by molar-refractivity contribution is -0.133. The van der Waals surface area contributed by atoms with E-state index >= 15 is 0 Å². The largest absolute Gasteiger partial charge is 0.478 e. The van der Waals surface area contributed by atoms with Gasteiger partial charge in [0.05, 0.1) is 17.7 Å². The molecule has 0 unspecified atom stereocenters. The van der Waals surface area contributed by atoms with Gasteiger partial charge in [-0.3, -0.25) is 4.79 Å². The predicted molar refractivity (Wildman–Crippen MR) is 87.6 cm³/mol. The summed E-state index contributed by atoms with van der Waals surface area (Å²) in [5.74, 6) is -1.17. The lowest BCUT2D eigenvalue weighted by Gasteiger charge is -2.39. The number of carbonyl (C=O) groups is 2. The summed E-state index contributed by atoms with van der Waals surface area (Å²) in [5, 5.41) is 12.3. The molecule has 1 aliphatic rings. The Morgan fingerprint density at radius 3 is 2.45 bits per heavy atom. The quantitative estimate of drug-likeness (QED) is 0.654. The molecule has 0 saturated heterocycles. The van der Waals surface area contributed by atoms with Gasteiger partial charge in [0.15, 0.2) is 0 Å². The van der Waals surface area contributed by atoms with Crippen LogP contribution in [-0.2, 0) is 14.3 Å². The van der Waals surface area contributed by atoms with E-state index in [9.17, 15) is 14.7 Å². The van der Waals surface area contributed by atoms with Crippen LogP contribution in [0.15, 0.2) is 10.5 Å². The van der Waals surface area contributed by atoms with Crippen molar-refractivity contribution < 1.29 is 19.4 Å². The number of nitrogens with one attached hydrogen (secondary N) is 1. The molecule has 1 amide bonds. The van der Waals surface area contributed by atoms with Crippen LogP contribution in [0, 0.1) is 0 Å². The zero-order valence-electron chi connectivity index (χ0n) is 13.6. The number of hydrogen-bond donors (Lipinski definition) is 3. The molecule has 1 aliphatic carbocycles. The van der Waals surface area contributed by atoms with Crippen molar-refractivity contribution in [2.45, 2.75) is 64.3 Å².